The minimum atomic E-state index is -4.11. The number of nitrogens with two attached hydrogens (primary N) is 1. The summed E-state index contributed by atoms with van der Waals surface area (Å²) in [4.78, 5) is 25.1. The molecule has 3 aromatic carbocycles. The summed E-state index contributed by atoms with van der Waals surface area (Å²) in [6.07, 6.45) is 0.104. The molecule has 10 heteroatoms. The Bertz CT molecular complexity index is 1360. The molecule has 0 saturated heterocycles. The third-order valence-corrected chi connectivity index (χ3v) is 6.54. The van der Waals surface area contributed by atoms with Gasteiger partial charge in [0.2, 0.25) is 10.0 Å². The van der Waals surface area contributed by atoms with Gasteiger partial charge in [-0.2, -0.15) is 4.72 Å². The number of hydrogen-bond donors (Lipinski definition) is 3. The van der Waals surface area contributed by atoms with Crippen molar-refractivity contribution in [2.24, 2.45) is 5.73 Å². The van der Waals surface area contributed by atoms with E-state index in [0.717, 1.165) is 5.56 Å². The van der Waals surface area contributed by atoms with Crippen LogP contribution in [0.15, 0.2) is 83.8 Å². The highest BCUT2D eigenvalue weighted by molar-refractivity contribution is 7.89. The molecule has 9 nitrogen and oxygen atoms in total. The standard InChI is InChI=1S/C27H29N3O6S/c1-27(2,3)36-26(32)23(17-18-7-5-4-6-8-18)30-37(33,34)22-15-13-21(14-16-22)35-25(31)20-11-9-19(10-12-20)24(28)29/h4-16,23,30H,17H2,1-3H3,(H3,28,29). The second-order valence-corrected chi connectivity index (χ2v) is 11.0. The quantitative estimate of drug-likeness (QED) is 0.168. The minimum Gasteiger partial charge on any atom is -0.459 e. The summed E-state index contributed by atoms with van der Waals surface area (Å²) in [5, 5.41) is 7.40. The van der Waals surface area contributed by atoms with Gasteiger partial charge >= 0.3 is 11.9 Å². The van der Waals surface area contributed by atoms with Crippen molar-refractivity contribution in [2.75, 3.05) is 0 Å². The number of benzene rings is 3. The summed E-state index contributed by atoms with van der Waals surface area (Å²) < 4.78 is 39.4. The number of esters is 2. The summed E-state index contributed by atoms with van der Waals surface area (Å²) in [7, 11) is -4.11. The number of carbonyl (C=O) groups excluding carboxylic acids is 2. The van der Waals surface area contributed by atoms with E-state index in [-0.39, 0.29) is 28.5 Å². The highest BCUT2D eigenvalue weighted by Crippen LogP contribution is 2.19. The van der Waals surface area contributed by atoms with Gasteiger partial charge in [0.15, 0.2) is 0 Å². The van der Waals surface area contributed by atoms with Crippen molar-refractivity contribution in [1.82, 2.24) is 4.72 Å². The van der Waals surface area contributed by atoms with Crippen molar-refractivity contribution < 1.29 is 27.5 Å². The number of carbonyl (C=O) groups is 2. The Balaban J connectivity index is 1.74. The van der Waals surface area contributed by atoms with Gasteiger partial charge in [-0.15, -0.1) is 0 Å². The van der Waals surface area contributed by atoms with E-state index in [9.17, 15) is 18.0 Å². The van der Waals surface area contributed by atoms with Crippen LogP contribution in [0.25, 0.3) is 0 Å². The fourth-order valence-electron chi connectivity index (χ4n) is 3.29. The number of sulfonamides is 1. The van der Waals surface area contributed by atoms with Gasteiger partial charge in [-0.25, -0.2) is 13.2 Å². The van der Waals surface area contributed by atoms with E-state index in [1.807, 2.05) is 6.07 Å². The largest absolute Gasteiger partial charge is 0.459 e. The first-order valence-electron chi connectivity index (χ1n) is 11.4. The van der Waals surface area contributed by atoms with Crippen LogP contribution in [0.2, 0.25) is 0 Å². The van der Waals surface area contributed by atoms with Gasteiger partial charge in [0.25, 0.3) is 0 Å². The molecule has 0 aliphatic carbocycles. The van der Waals surface area contributed by atoms with Crippen LogP contribution < -0.4 is 15.2 Å². The normalized spacial score (nSPS) is 12.4. The van der Waals surface area contributed by atoms with Crippen molar-refractivity contribution in [3.8, 4) is 5.75 Å². The molecule has 4 N–H and O–H groups in total. The Labute approximate surface area is 216 Å². The molecule has 0 aliphatic heterocycles. The molecule has 0 saturated carbocycles. The first-order valence-corrected chi connectivity index (χ1v) is 12.9. The fourth-order valence-corrected chi connectivity index (χ4v) is 4.47. The van der Waals surface area contributed by atoms with Crippen molar-refractivity contribution in [2.45, 2.75) is 43.7 Å². The van der Waals surface area contributed by atoms with E-state index in [0.29, 0.717) is 5.56 Å². The number of nitrogen functional groups attached to an aromatic ring is 1. The van der Waals surface area contributed by atoms with Gasteiger partial charge in [0, 0.05) is 5.56 Å². The topological polar surface area (TPSA) is 149 Å². The summed E-state index contributed by atoms with van der Waals surface area (Å²) >= 11 is 0. The first kappa shape index (κ1) is 27.6. The van der Waals surface area contributed by atoms with E-state index in [4.69, 9.17) is 20.6 Å². The molecule has 3 rings (SSSR count). The monoisotopic (exact) mass is 523 g/mol. The number of nitrogens with one attached hydrogen (secondary N) is 2. The Morgan fingerprint density at radius 3 is 2.03 bits per heavy atom. The Morgan fingerprint density at radius 1 is 0.919 bits per heavy atom. The summed E-state index contributed by atoms with van der Waals surface area (Å²) in [6.45, 7) is 5.12. The van der Waals surface area contributed by atoms with Crippen LogP contribution in [-0.4, -0.2) is 37.8 Å². The molecule has 0 radical (unpaired) electrons. The lowest BCUT2D eigenvalue weighted by atomic mass is 10.1. The Hall–Kier alpha value is -4.02. The van der Waals surface area contributed by atoms with Gasteiger partial charge in [-0.1, -0.05) is 42.5 Å². The molecule has 1 atom stereocenters. The summed E-state index contributed by atoms with van der Waals surface area (Å²) in [5.41, 5.74) is 6.09. The van der Waals surface area contributed by atoms with Crippen LogP contribution in [0.4, 0.5) is 0 Å². The molecule has 0 bridgehead atoms. The minimum absolute atomic E-state index is 0.104. The van der Waals surface area contributed by atoms with Crippen LogP contribution in [0.3, 0.4) is 0 Å². The first-order chi connectivity index (χ1) is 17.3. The zero-order valence-corrected chi connectivity index (χ0v) is 21.5. The highest BCUT2D eigenvalue weighted by Gasteiger charge is 2.30. The molecule has 0 spiro atoms. The molecule has 37 heavy (non-hydrogen) atoms. The molecule has 1 unspecified atom stereocenters. The lowest BCUT2D eigenvalue weighted by Gasteiger charge is -2.24. The predicted octanol–water partition coefficient (Wildman–Crippen LogP) is 3.42. The molecular formula is C27H29N3O6S. The number of ether oxygens (including phenoxy) is 2. The van der Waals surface area contributed by atoms with Crippen molar-refractivity contribution >= 4 is 27.8 Å². The molecule has 3 aromatic rings. The highest BCUT2D eigenvalue weighted by atomic mass is 32.2. The van der Waals surface area contributed by atoms with Crippen LogP contribution in [0.5, 0.6) is 5.75 Å². The van der Waals surface area contributed by atoms with E-state index in [2.05, 4.69) is 4.72 Å². The molecule has 0 amide bonds. The number of amidine groups is 1. The second kappa shape index (κ2) is 11.4. The van der Waals surface area contributed by atoms with Gasteiger partial charge in [-0.3, -0.25) is 10.2 Å². The van der Waals surface area contributed by atoms with Gasteiger partial charge in [0.05, 0.1) is 10.5 Å². The number of hydrogen-bond acceptors (Lipinski definition) is 7. The zero-order chi connectivity index (χ0) is 27.2. The molecule has 0 aliphatic rings. The van der Waals surface area contributed by atoms with Crippen LogP contribution >= 0.6 is 0 Å². The Morgan fingerprint density at radius 2 is 1.49 bits per heavy atom. The number of rotatable bonds is 9. The third kappa shape index (κ3) is 7.99. The van der Waals surface area contributed by atoms with E-state index in [1.54, 1.807) is 45.0 Å². The fraction of sp³-hybridized carbons (Fsp3) is 0.222. The van der Waals surface area contributed by atoms with E-state index in [1.165, 1.54) is 48.5 Å². The molecular weight excluding hydrogens is 494 g/mol. The second-order valence-electron chi connectivity index (χ2n) is 9.25. The molecule has 0 aromatic heterocycles. The average Bonchev–Trinajstić information content (AvgIpc) is 2.83. The average molecular weight is 524 g/mol. The third-order valence-electron chi connectivity index (χ3n) is 5.05. The Kier molecular flexibility index (Phi) is 8.46. The van der Waals surface area contributed by atoms with Gasteiger partial charge < -0.3 is 15.2 Å². The van der Waals surface area contributed by atoms with Crippen molar-refractivity contribution in [1.29, 1.82) is 5.41 Å². The molecule has 194 valence electrons. The van der Waals surface area contributed by atoms with Gasteiger partial charge in [0.1, 0.15) is 23.2 Å². The van der Waals surface area contributed by atoms with Crippen LogP contribution in [0, 0.1) is 5.41 Å². The van der Waals surface area contributed by atoms with E-state index >= 15 is 0 Å². The summed E-state index contributed by atoms with van der Waals surface area (Å²) in [5.74, 6) is -1.34. The lowest BCUT2D eigenvalue weighted by Crippen LogP contribution is -2.45. The maximum absolute atomic E-state index is 13.1. The maximum atomic E-state index is 13.1. The predicted molar refractivity (Wildman–Crippen MR) is 139 cm³/mol. The van der Waals surface area contributed by atoms with Gasteiger partial charge in [-0.05, 0) is 69.2 Å². The van der Waals surface area contributed by atoms with Crippen molar-refractivity contribution in [3.63, 3.8) is 0 Å². The SMILES string of the molecule is CC(C)(C)OC(=O)C(Cc1ccccc1)NS(=O)(=O)c1ccc(OC(=O)c2ccc(C(=N)N)cc2)cc1. The van der Waals surface area contributed by atoms with Crippen molar-refractivity contribution in [3.05, 3.63) is 95.6 Å². The molecule has 0 fully saturated rings. The smallest absolute Gasteiger partial charge is 0.343 e. The summed E-state index contributed by atoms with van der Waals surface area (Å²) in [6, 6.07) is 19.1. The van der Waals surface area contributed by atoms with Crippen LogP contribution in [0.1, 0.15) is 42.3 Å². The van der Waals surface area contributed by atoms with Crippen LogP contribution in [-0.2, 0) is 26.0 Å². The zero-order valence-electron chi connectivity index (χ0n) is 20.7. The van der Waals surface area contributed by atoms with E-state index < -0.39 is 33.6 Å². The maximum Gasteiger partial charge on any atom is 0.343 e. The lowest BCUT2D eigenvalue weighted by molar-refractivity contribution is -0.156. The molecule has 0 heterocycles.